The number of likely N-dealkylation sites (tertiary alicyclic amines) is 1. The molecular weight excluding hydrogens is 490 g/mol. The number of nitrogens with zero attached hydrogens (tertiary/aromatic N) is 2. The maximum Gasteiger partial charge on any atom is 0.313 e. The number of nitrogens with one attached hydrogen (secondary N) is 1. The van der Waals surface area contributed by atoms with Gasteiger partial charge in [0, 0.05) is 18.5 Å². The van der Waals surface area contributed by atoms with Crippen LogP contribution in [0.2, 0.25) is 0 Å². The van der Waals surface area contributed by atoms with Crippen LogP contribution in [-0.4, -0.2) is 93.7 Å². The number of ether oxygens (including phenoxy) is 2. The van der Waals surface area contributed by atoms with Crippen LogP contribution in [0.4, 0.5) is 0 Å². The highest BCUT2D eigenvalue weighted by atomic mass is 16.6. The van der Waals surface area contributed by atoms with Gasteiger partial charge in [0.05, 0.1) is 31.2 Å². The number of carbonyl (C=O) groups is 4. The molecule has 1 spiro atoms. The molecule has 3 amide bonds. The lowest BCUT2D eigenvalue weighted by atomic mass is 9.77. The van der Waals surface area contributed by atoms with Crippen molar-refractivity contribution in [1.82, 2.24) is 15.1 Å². The van der Waals surface area contributed by atoms with Crippen LogP contribution in [0.3, 0.4) is 0 Å². The van der Waals surface area contributed by atoms with Gasteiger partial charge in [-0.05, 0) is 40.0 Å². The van der Waals surface area contributed by atoms with Crippen LogP contribution < -0.4 is 5.32 Å². The number of amides is 3. The Labute approximate surface area is 224 Å². The summed E-state index contributed by atoms with van der Waals surface area (Å²) in [7, 11) is 0. The largest absolute Gasteiger partial charge is 0.460 e. The summed E-state index contributed by atoms with van der Waals surface area (Å²) in [6.07, 6.45) is 6.38. The summed E-state index contributed by atoms with van der Waals surface area (Å²) in [5, 5.41) is 13.1. The molecule has 210 valence electrons. The molecule has 0 bridgehead atoms. The van der Waals surface area contributed by atoms with Gasteiger partial charge in [0.2, 0.25) is 17.7 Å². The molecule has 4 aliphatic rings. The molecule has 4 heterocycles. The molecule has 2 fully saturated rings. The molecule has 7 atom stereocenters. The Hall–Kier alpha value is -2.72. The van der Waals surface area contributed by atoms with Crippen molar-refractivity contribution in [2.45, 2.75) is 89.8 Å². The summed E-state index contributed by atoms with van der Waals surface area (Å²) in [6.45, 7) is 11.4. The fourth-order valence-corrected chi connectivity index (χ4v) is 6.18. The minimum absolute atomic E-state index is 0.147. The van der Waals surface area contributed by atoms with Gasteiger partial charge in [0.1, 0.15) is 23.7 Å². The zero-order valence-corrected chi connectivity index (χ0v) is 23.2. The normalized spacial score (nSPS) is 35.9. The Morgan fingerprint density at radius 1 is 1.16 bits per heavy atom. The maximum absolute atomic E-state index is 14.3. The number of carbonyl (C=O) groups excluding carboxylic acids is 4. The van der Waals surface area contributed by atoms with Crippen molar-refractivity contribution in [1.29, 1.82) is 0 Å². The topological polar surface area (TPSA) is 125 Å². The third-order valence-corrected chi connectivity index (χ3v) is 8.10. The molecule has 4 rings (SSSR count). The van der Waals surface area contributed by atoms with Crippen molar-refractivity contribution in [3.8, 4) is 0 Å². The number of fused-ring (bicyclic) bond motifs is 2. The van der Waals surface area contributed by atoms with Crippen molar-refractivity contribution in [2.75, 3.05) is 19.7 Å². The van der Waals surface area contributed by atoms with E-state index < -0.39 is 59.1 Å². The van der Waals surface area contributed by atoms with E-state index in [0.29, 0.717) is 13.0 Å². The Morgan fingerprint density at radius 3 is 2.50 bits per heavy atom. The van der Waals surface area contributed by atoms with E-state index in [1.807, 2.05) is 40.7 Å². The molecule has 4 aliphatic heterocycles. The Balaban J connectivity index is 1.86. The summed E-state index contributed by atoms with van der Waals surface area (Å²) >= 11 is 0. The number of hydrogen-bond acceptors (Lipinski definition) is 7. The number of allylic oxidation sites excluding steroid dienone is 1. The van der Waals surface area contributed by atoms with Gasteiger partial charge in [0.25, 0.3) is 0 Å². The van der Waals surface area contributed by atoms with E-state index >= 15 is 0 Å². The fourth-order valence-electron chi connectivity index (χ4n) is 6.18. The SMILES string of the molecule is CC(C)[C@H](CO)N1C(=O)[C@@H]2[C@H]3C(=O)O[C@H](C)CNC(=O)CC/C=C\[C@H]3O[C@@]23C=CCN(C(C)(C)C)C(=O)[C@@H]13. The minimum Gasteiger partial charge on any atom is -0.460 e. The van der Waals surface area contributed by atoms with E-state index in [0.717, 1.165) is 0 Å². The smallest absolute Gasteiger partial charge is 0.313 e. The molecule has 0 aliphatic carbocycles. The molecule has 10 nitrogen and oxygen atoms in total. The van der Waals surface area contributed by atoms with E-state index in [-0.39, 0.29) is 37.3 Å². The predicted octanol–water partition coefficient (Wildman–Crippen LogP) is 1.18. The first kappa shape index (κ1) is 28.3. The molecule has 2 saturated heterocycles. The molecule has 2 N–H and O–H groups in total. The van der Waals surface area contributed by atoms with Crippen LogP contribution in [0.1, 0.15) is 54.4 Å². The molecule has 0 unspecified atom stereocenters. The van der Waals surface area contributed by atoms with Crippen LogP contribution in [-0.2, 0) is 28.7 Å². The number of esters is 1. The standard InChI is InChI=1S/C28H41N3O7/c1-16(2)18(15-32)31-23-25(35)30(27(4,5)6)13-9-12-28(23)22(24(31)34)21-19(38-28)10-7-8-11-20(33)29-14-17(3)37-26(21)36/h7,9-10,12,16-19,21-23,32H,8,11,13-15H2,1-6H3,(H,29,33)/b10-7-/t17-,18+,19-,21+,22+,23-,28+/m1/s1. The van der Waals surface area contributed by atoms with Crippen molar-refractivity contribution < 1.29 is 33.8 Å². The molecule has 0 aromatic heterocycles. The van der Waals surface area contributed by atoms with Crippen molar-refractivity contribution in [2.24, 2.45) is 17.8 Å². The molecular formula is C28H41N3O7. The lowest BCUT2D eigenvalue weighted by Crippen LogP contribution is -2.61. The minimum atomic E-state index is -1.41. The molecule has 0 aromatic rings. The second-order valence-electron chi connectivity index (χ2n) is 12.1. The lowest BCUT2D eigenvalue weighted by molar-refractivity contribution is -0.160. The predicted molar refractivity (Wildman–Crippen MR) is 138 cm³/mol. The third kappa shape index (κ3) is 4.77. The Kier molecular flexibility index (Phi) is 7.78. The average Bonchev–Trinajstić information content (AvgIpc) is 3.20. The Bertz CT molecular complexity index is 1030. The van der Waals surface area contributed by atoms with Gasteiger partial charge in [0.15, 0.2) is 0 Å². The van der Waals surface area contributed by atoms with E-state index in [1.165, 1.54) is 4.90 Å². The zero-order chi connectivity index (χ0) is 28.0. The first-order valence-corrected chi connectivity index (χ1v) is 13.6. The van der Waals surface area contributed by atoms with E-state index in [2.05, 4.69) is 5.32 Å². The van der Waals surface area contributed by atoms with Crippen LogP contribution in [0.25, 0.3) is 0 Å². The second kappa shape index (κ2) is 10.4. The number of aliphatic hydroxyl groups is 1. The highest BCUT2D eigenvalue weighted by Gasteiger charge is 2.73. The zero-order valence-electron chi connectivity index (χ0n) is 23.2. The fraction of sp³-hybridized carbons (Fsp3) is 0.714. The molecule has 0 saturated carbocycles. The third-order valence-electron chi connectivity index (χ3n) is 8.10. The van der Waals surface area contributed by atoms with Gasteiger partial charge in [-0.25, -0.2) is 0 Å². The van der Waals surface area contributed by atoms with Gasteiger partial charge >= 0.3 is 5.97 Å². The first-order chi connectivity index (χ1) is 17.8. The monoisotopic (exact) mass is 531 g/mol. The Morgan fingerprint density at radius 2 is 1.87 bits per heavy atom. The van der Waals surface area contributed by atoms with Crippen LogP contribution in [0.15, 0.2) is 24.3 Å². The van der Waals surface area contributed by atoms with E-state index in [9.17, 15) is 24.3 Å². The van der Waals surface area contributed by atoms with Gasteiger partial charge in [-0.3, -0.25) is 19.2 Å². The molecule has 38 heavy (non-hydrogen) atoms. The lowest BCUT2D eigenvalue weighted by Gasteiger charge is -2.42. The van der Waals surface area contributed by atoms with E-state index in [1.54, 1.807) is 30.1 Å². The second-order valence-corrected chi connectivity index (χ2v) is 12.1. The van der Waals surface area contributed by atoms with Crippen LogP contribution in [0.5, 0.6) is 0 Å². The van der Waals surface area contributed by atoms with Crippen LogP contribution >= 0.6 is 0 Å². The number of rotatable bonds is 3. The molecule has 0 aromatic carbocycles. The van der Waals surface area contributed by atoms with Gasteiger partial charge in [-0.1, -0.05) is 38.2 Å². The summed E-state index contributed by atoms with van der Waals surface area (Å²) in [4.78, 5) is 57.5. The summed E-state index contributed by atoms with van der Waals surface area (Å²) < 4.78 is 12.4. The van der Waals surface area contributed by atoms with Crippen molar-refractivity contribution >= 4 is 23.7 Å². The number of aliphatic hydroxyl groups excluding tert-OH is 1. The molecule has 10 heteroatoms. The van der Waals surface area contributed by atoms with Crippen molar-refractivity contribution in [3.05, 3.63) is 24.3 Å². The van der Waals surface area contributed by atoms with Gasteiger partial charge in [-0.2, -0.15) is 0 Å². The summed E-state index contributed by atoms with van der Waals surface area (Å²) in [5.41, 5.74) is -1.95. The van der Waals surface area contributed by atoms with Crippen molar-refractivity contribution in [3.63, 3.8) is 0 Å². The van der Waals surface area contributed by atoms with E-state index in [4.69, 9.17) is 9.47 Å². The maximum atomic E-state index is 14.3. The van der Waals surface area contributed by atoms with Gasteiger partial charge < -0.3 is 29.7 Å². The first-order valence-electron chi connectivity index (χ1n) is 13.6. The highest BCUT2D eigenvalue weighted by Crippen LogP contribution is 2.54. The van der Waals surface area contributed by atoms with Crippen LogP contribution in [0, 0.1) is 17.8 Å². The summed E-state index contributed by atoms with van der Waals surface area (Å²) in [5.74, 6) is -3.59. The highest BCUT2D eigenvalue weighted by molar-refractivity contribution is 5.99. The van der Waals surface area contributed by atoms with Gasteiger partial charge in [-0.15, -0.1) is 0 Å². The quantitative estimate of drug-likeness (QED) is 0.414. The molecule has 0 radical (unpaired) electrons. The number of cyclic esters (lactones) is 1. The average molecular weight is 532 g/mol. The summed E-state index contributed by atoms with van der Waals surface area (Å²) in [6, 6.07) is -1.69. The number of hydrogen-bond donors (Lipinski definition) is 2.